The number of carboxylic acid groups (broad SMARTS) is 8. The molecule has 0 bridgehead atoms. The molecule has 0 aromatic heterocycles. The van der Waals surface area contributed by atoms with Gasteiger partial charge in [-0.3, -0.25) is 67.1 Å². The smallest absolute Gasteiger partial charge is 0.349 e. The molecule has 0 aliphatic rings. The quantitative estimate of drug-likeness (QED) is 0.0187. The van der Waals surface area contributed by atoms with Gasteiger partial charge in [0.2, 0.25) is 57.0 Å². The first-order valence-electron chi connectivity index (χ1n) is 38.5. The number of nitrogens with two attached hydrogens (primary N) is 1. The summed E-state index contributed by atoms with van der Waals surface area (Å²) >= 11 is 0. The Morgan fingerprint density at radius 1 is 0.451 bits per heavy atom. The maximum absolute atomic E-state index is 12.0. The van der Waals surface area contributed by atoms with Crippen molar-refractivity contribution in [3.05, 3.63) is 78.4 Å². The fraction of sp³-hybridized carbons (Fsp3) is 0.568. The van der Waals surface area contributed by atoms with Gasteiger partial charge in [-0.1, -0.05) is 125 Å². The van der Waals surface area contributed by atoms with Crippen molar-refractivity contribution in [2.24, 2.45) is 43.5 Å². The van der Waals surface area contributed by atoms with E-state index in [9.17, 15) is 98.3 Å². The van der Waals surface area contributed by atoms with Crippen molar-refractivity contribution in [3.8, 4) is 0 Å². The zero-order valence-corrected chi connectivity index (χ0v) is 75.1. The number of carbonyl (C=O) groups excluding carboxylic acids is 9. The topological polar surface area (TPSA) is 649 Å². The first-order chi connectivity index (χ1) is 55.6. The van der Waals surface area contributed by atoms with Crippen LogP contribution in [0.3, 0.4) is 0 Å². The molecule has 0 radical (unpaired) electrons. The molecule has 122 heavy (non-hydrogen) atoms. The van der Waals surface area contributed by atoms with Crippen LogP contribution >= 0.6 is 0 Å². The van der Waals surface area contributed by atoms with E-state index < -0.39 is 161 Å². The molecule has 3 aromatic rings. The predicted molar refractivity (Wildman–Crippen MR) is 447 cm³/mol. The zero-order valence-electron chi connectivity index (χ0n) is 73.4. The summed E-state index contributed by atoms with van der Waals surface area (Å²) in [5.41, 5.74) is -4.07. The number of ether oxygens (including phenoxy) is 2. The highest BCUT2D eigenvalue weighted by molar-refractivity contribution is 7.90. The molecule has 7 amide bonds. The number of primary sulfonamides is 1. The third-order valence-electron chi connectivity index (χ3n) is 19.0. The van der Waals surface area contributed by atoms with Crippen LogP contribution in [0.25, 0.3) is 0 Å². The Kier molecular flexibility index (Phi) is 51.1. The Balaban J connectivity index is -0.000000675. The second kappa shape index (κ2) is 53.3. The zero-order chi connectivity index (χ0) is 96.3. The molecule has 17 N–H and O–H groups in total. The van der Waals surface area contributed by atoms with Crippen molar-refractivity contribution in [2.45, 2.75) is 257 Å². The second-order valence-electron chi connectivity index (χ2n) is 31.5. The number of sulfonamides is 2. The number of carbonyl (C=O) groups is 17. The van der Waals surface area contributed by atoms with Crippen LogP contribution < -0.4 is 41.8 Å². The number of aromatic carboxylic acids is 1. The molecule has 3 aromatic carbocycles. The van der Waals surface area contributed by atoms with Crippen LogP contribution in [0, 0.1) is 38.4 Å². The highest BCUT2D eigenvalue weighted by Crippen LogP contribution is 2.29. The van der Waals surface area contributed by atoms with Crippen molar-refractivity contribution in [1.29, 1.82) is 0 Å². The van der Waals surface area contributed by atoms with Crippen LogP contribution in [-0.2, 0) is 106 Å². The molecule has 3 rings (SSSR count). The van der Waals surface area contributed by atoms with Crippen LogP contribution in [-0.4, -0.2) is 190 Å². The molecule has 0 saturated carbocycles. The minimum absolute atomic E-state index is 0.0141. The summed E-state index contributed by atoms with van der Waals surface area (Å²) in [6.07, 6.45) is 1.29. The Morgan fingerprint density at radius 3 is 1.11 bits per heavy atom. The maximum Gasteiger partial charge on any atom is 0.349 e. The molecule has 3 atom stereocenters. The van der Waals surface area contributed by atoms with Crippen molar-refractivity contribution in [2.75, 3.05) is 29.1 Å². The van der Waals surface area contributed by atoms with Gasteiger partial charge in [0.25, 0.3) is 10.0 Å². The van der Waals surface area contributed by atoms with Crippen LogP contribution in [0.1, 0.15) is 240 Å². The SMILES string of the molecule is CCC(C)(C)C(=O)NC(CC(=O)O)C(=O)O.CCC(C)(C)C(=O)NCC(=O)O.CCC(C)(C)C(=O)Nc1ccc(C(=O)O)cc1.CCC(C)(C)C(=O)Nc1ccc(S(=O)(=O)NC(C)=O)cc1.CCC(C)(C)C(=O)Nc1ccc(S(N)(=O)=O)cc1.CCC(C)(C)C(=O)OCCCC(=O)OC(CC(=O)O)(CC(=O)O)C(=O)O.CCC(C)C(=O)NC(C)C(=O)O. The minimum atomic E-state index is -3.85. The molecule has 0 aliphatic carbocycles. The Labute approximate surface area is 712 Å². The number of rotatable bonds is 39. The molecule has 0 saturated heterocycles. The number of anilines is 3. The molecule has 39 nitrogen and oxygen atoms in total. The highest BCUT2D eigenvalue weighted by Gasteiger charge is 2.47. The van der Waals surface area contributed by atoms with Gasteiger partial charge in [0, 0.05) is 63.4 Å². The maximum atomic E-state index is 12.0. The summed E-state index contributed by atoms with van der Waals surface area (Å²) in [6.45, 7) is 38.5. The van der Waals surface area contributed by atoms with Gasteiger partial charge in [0.05, 0.1) is 46.6 Å². The van der Waals surface area contributed by atoms with E-state index in [2.05, 4.69) is 36.6 Å². The van der Waals surface area contributed by atoms with E-state index in [-0.39, 0.29) is 76.8 Å². The molecular weight excluding hydrogens is 1650 g/mol. The van der Waals surface area contributed by atoms with E-state index in [4.69, 9.17) is 50.7 Å². The molecule has 0 spiro atoms. The molecule has 688 valence electrons. The van der Waals surface area contributed by atoms with Gasteiger partial charge in [-0.25, -0.2) is 41.1 Å². The van der Waals surface area contributed by atoms with Crippen molar-refractivity contribution in [1.82, 2.24) is 20.7 Å². The third kappa shape index (κ3) is 46.3. The Morgan fingerprint density at radius 2 is 0.811 bits per heavy atom. The number of esters is 2. The lowest BCUT2D eigenvalue weighted by molar-refractivity contribution is -0.186. The van der Waals surface area contributed by atoms with E-state index in [0.717, 1.165) is 19.8 Å². The minimum Gasteiger partial charge on any atom is -0.481 e. The average Bonchev–Trinajstić information content (AvgIpc) is 0.830. The van der Waals surface area contributed by atoms with Gasteiger partial charge in [0.15, 0.2) is 0 Å². The third-order valence-corrected chi connectivity index (χ3v) is 21.3. The van der Waals surface area contributed by atoms with Gasteiger partial charge in [0.1, 0.15) is 18.6 Å². The number of benzene rings is 3. The summed E-state index contributed by atoms with van der Waals surface area (Å²) in [7, 11) is -7.54. The molecular formula is C81H126N8O31S2. The van der Waals surface area contributed by atoms with E-state index in [1.54, 1.807) is 67.5 Å². The van der Waals surface area contributed by atoms with Crippen LogP contribution in [0.4, 0.5) is 17.1 Å². The number of carboxylic acids is 8. The second-order valence-corrected chi connectivity index (χ2v) is 34.7. The normalized spacial score (nSPS) is 12.1. The van der Waals surface area contributed by atoms with Gasteiger partial charge in [-0.2, -0.15) is 0 Å². The summed E-state index contributed by atoms with van der Waals surface area (Å²) in [5.74, 6) is -14.2. The van der Waals surface area contributed by atoms with Crippen molar-refractivity contribution >= 4 is 138 Å². The molecule has 3 unspecified atom stereocenters. The first-order valence-corrected chi connectivity index (χ1v) is 41.5. The van der Waals surface area contributed by atoms with E-state index in [0.29, 0.717) is 49.2 Å². The fourth-order valence-corrected chi connectivity index (χ4v) is 9.13. The van der Waals surface area contributed by atoms with E-state index in [1.165, 1.54) is 67.6 Å². The largest absolute Gasteiger partial charge is 0.481 e. The van der Waals surface area contributed by atoms with Gasteiger partial charge in [-0.15, -0.1) is 0 Å². The van der Waals surface area contributed by atoms with Crippen LogP contribution in [0.5, 0.6) is 0 Å². The summed E-state index contributed by atoms with van der Waals surface area (Å²) in [6, 6.07) is 15.3. The lowest BCUT2D eigenvalue weighted by Gasteiger charge is -2.26. The monoisotopic (exact) mass is 1770 g/mol. The fourth-order valence-electron chi connectivity index (χ4n) is 7.63. The van der Waals surface area contributed by atoms with Crippen molar-refractivity contribution in [3.63, 3.8) is 0 Å². The highest BCUT2D eigenvalue weighted by atomic mass is 32.2. The van der Waals surface area contributed by atoms with Crippen LogP contribution in [0.15, 0.2) is 82.6 Å². The average molecular weight is 1770 g/mol. The van der Waals surface area contributed by atoms with E-state index in [1.807, 2.05) is 87.8 Å². The lowest BCUT2D eigenvalue weighted by atomic mass is 9.89. The van der Waals surface area contributed by atoms with Crippen LogP contribution in [0.2, 0.25) is 0 Å². The van der Waals surface area contributed by atoms with E-state index >= 15 is 0 Å². The summed E-state index contributed by atoms with van der Waals surface area (Å²) < 4.78 is 57.2. The Hall–Kier alpha value is -11.5. The van der Waals surface area contributed by atoms with Gasteiger partial charge >= 0.3 is 59.7 Å². The number of amides is 7. The summed E-state index contributed by atoms with van der Waals surface area (Å²) in [5, 5.41) is 89.6. The first kappa shape index (κ1) is 117. The molecule has 0 fully saturated rings. The standard InChI is InChI=1S/C16H24O10.C14H20N2O4S.C13H17NO3.C12H18N2O3S.C10H17NO5.2C8H15NO3/c1-4-15(2,3)14(24)25-7-5-6-12(21)26-16(13(22)23,8-10(17)18)9-11(19)20;1-5-14(3,4)13(18)15-11-6-8-12(9-7-11)21(19,20)16-10(2)17;1-4-13(2,3)12(17)14-10-7-5-9(6-8-10)11(15)16;1-4-12(2,3)11(15)14-9-5-7-10(8-6-9)18(13,16)17;1-4-10(2,3)9(16)11-6(8(14)15)5-7(12)13;1-4-8(2,3)7(12)9-5-6(10)11;1-4-5(2)7(10)9-6(3)8(11)12/h4-9H2,1-3H3,(H,17,18)(H,19,20)(H,22,23);6-9H,5H2,1-4H3,(H,15,18)(H,16,17);5-8H,4H2,1-3H3,(H,14,17)(H,15,16);5-8H,4H2,1-3H3,(H,14,15)(H2,13,16,17);6H,4-5H2,1-3H3,(H,11,16)(H,12,13)(H,14,15);4-5H2,1-3H3,(H,9,12)(H,10,11);5-6H,4H2,1-3H3,(H,9,10)(H,11,12). The molecule has 0 heterocycles. The summed E-state index contributed by atoms with van der Waals surface area (Å²) in [4.78, 5) is 189. The molecule has 41 heteroatoms. The number of hydrogen-bond donors (Lipinski definition) is 16. The Bertz CT molecular complexity index is 4280. The number of aliphatic carboxylic acids is 7. The number of nitrogens with one attached hydrogen (secondary N) is 7. The number of hydrogen-bond acceptors (Lipinski definition) is 23. The predicted octanol–water partition coefficient (Wildman–Crippen LogP) is 9.13. The van der Waals surface area contributed by atoms with Gasteiger partial charge < -0.3 is 82.2 Å². The van der Waals surface area contributed by atoms with Gasteiger partial charge in [-0.05, 0) is 145 Å². The lowest BCUT2D eigenvalue weighted by Crippen LogP contribution is -2.47. The molecule has 0 aliphatic heterocycles. The van der Waals surface area contributed by atoms with Crippen molar-refractivity contribution < 1.29 is 149 Å².